The van der Waals surface area contributed by atoms with Gasteiger partial charge in [-0.25, -0.2) is 0 Å². The number of carbonyl (C=O) groups is 1. The number of hydrogen-bond acceptors (Lipinski definition) is 6. The van der Waals surface area contributed by atoms with E-state index < -0.39 is 0 Å². The van der Waals surface area contributed by atoms with E-state index in [9.17, 15) is 4.79 Å². The van der Waals surface area contributed by atoms with Gasteiger partial charge in [-0.3, -0.25) is 15.1 Å². The van der Waals surface area contributed by atoms with Crippen molar-refractivity contribution in [2.45, 2.75) is 9.24 Å². The van der Waals surface area contributed by atoms with Crippen molar-refractivity contribution in [3.63, 3.8) is 0 Å². The monoisotopic (exact) mass is 398 g/mol. The minimum Gasteiger partial charge on any atom is -0.296 e. The van der Waals surface area contributed by atoms with Crippen molar-refractivity contribution in [3.8, 4) is 0 Å². The zero-order valence-electron chi connectivity index (χ0n) is 13.2. The number of fused-ring (bicyclic) bond motifs is 1. The van der Waals surface area contributed by atoms with E-state index in [1.165, 1.54) is 23.1 Å². The largest absolute Gasteiger partial charge is 0.296 e. The molecule has 0 atom stereocenters. The van der Waals surface area contributed by atoms with Gasteiger partial charge in [0.1, 0.15) is 0 Å². The van der Waals surface area contributed by atoms with Gasteiger partial charge in [0.25, 0.3) is 5.91 Å². The molecule has 5 nitrogen and oxygen atoms in total. The van der Waals surface area contributed by atoms with Crippen molar-refractivity contribution >= 4 is 56.6 Å². The molecule has 128 valence electrons. The number of amides is 1. The van der Waals surface area contributed by atoms with Crippen LogP contribution in [0.4, 0.5) is 5.13 Å². The SMILES string of the molecule is O=C(Nc1nnc(Sc2ccnc3cc(Cl)ccc23)s1)c1ccccc1. The van der Waals surface area contributed by atoms with Crippen molar-refractivity contribution in [3.05, 3.63) is 71.4 Å². The molecular weight excluding hydrogens is 388 g/mol. The fraction of sp³-hybridized carbons (Fsp3) is 0. The molecule has 2 aromatic heterocycles. The lowest BCUT2D eigenvalue weighted by atomic mass is 10.2. The highest BCUT2D eigenvalue weighted by Gasteiger charge is 2.12. The van der Waals surface area contributed by atoms with E-state index in [0.29, 0.717) is 15.7 Å². The van der Waals surface area contributed by atoms with Crippen LogP contribution in [0.1, 0.15) is 10.4 Å². The van der Waals surface area contributed by atoms with Gasteiger partial charge in [-0.1, -0.05) is 59.0 Å². The van der Waals surface area contributed by atoms with Crippen molar-refractivity contribution in [1.29, 1.82) is 0 Å². The Morgan fingerprint density at radius 3 is 2.77 bits per heavy atom. The van der Waals surface area contributed by atoms with Crippen LogP contribution < -0.4 is 5.32 Å². The Kier molecular flexibility index (Phi) is 4.83. The lowest BCUT2D eigenvalue weighted by molar-refractivity contribution is 0.102. The molecule has 8 heteroatoms. The van der Waals surface area contributed by atoms with Gasteiger partial charge < -0.3 is 0 Å². The van der Waals surface area contributed by atoms with E-state index >= 15 is 0 Å². The van der Waals surface area contributed by atoms with Crippen LogP contribution in [0.25, 0.3) is 10.9 Å². The molecule has 1 amide bonds. The Morgan fingerprint density at radius 1 is 1.08 bits per heavy atom. The number of pyridine rings is 1. The van der Waals surface area contributed by atoms with Crippen LogP contribution in [-0.4, -0.2) is 21.1 Å². The lowest BCUT2D eigenvalue weighted by Crippen LogP contribution is -2.11. The number of benzene rings is 2. The second-order valence-corrected chi connectivity index (χ2v) is 7.97. The third kappa shape index (κ3) is 3.70. The number of halogens is 1. The summed E-state index contributed by atoms with van der Waals surface area (Å²) < 4.78 is 0.732. The molecule has 2 aromatic carbocycles. The van der Waals surface area contributed by atoms with Crippen LogP contribution in [0.15, 0.2) is 70.0 Å². The fourth-order valence-corrected chi connectivity index (χ4v) is 4.33. The first-order valence-electron chi connectivity index (χ1n) is 7.61. The van der Waals surface area contributed by atoms with Gasteiger partial charge in [0.2, 0.25) is 5.13 Å². The maximum Gasteiger partial charge on any atom is 0.257 e. The van der Waals surface area contributed by atoms with Crippen molar-refractivity contribution in [2.24, 2.45) is 0 Å². The van der Waals surface area contributed by atoms with E-state index in [0.717, 1.165) is 20.1 Å². The second-order valence-electron chi connectivity index (χ2n) is 5.27. The molecule has 4 rings (SSSR count). The number of nitrogens with zero attached hydrogens (tertiary/aromatic N) is 3. The Labute approximate surface area is 162 Å². The molecule has 0 radical (unpaired) electrons. The summed E-state index contributed by atoms with van der Waals surface area (Å²) in [4.78, 5) is 17.5. The minimum absolute atomic E-state index is 0.206. The number of nitrogens with one attached hydrogen (secondary N) is 1. The molecule has 0 bridgehead atoms. The highest BCUT2D eigenvalue weighted by molar-refractivity contribution is 8.01. The van der Waals surface area contributed by atoms with Gasteiger partial charge in [-0.15, -0.1) is 10.2 Å². The Morgan fingerprint density at radius 2 is 1.92 bits per heavy atom. The van der Waals surface area contributed by atoms with Gasteiger partial charge in [0.05, 0.1) is 5.52 Å². The summed E-state index contributed by atoms with van der Waals surface area (Å²) in [6.45, 7) is 0. The highest BCUT2D eigenvalue weighted by Crippen LogP contribution is 2.36. The van der Waals surface area contributed by atoms with Crippen molar-refractivity contribution in [2.75, 3.05) is 5.32 Å². The average Bonchev–Trinajstić information content (AvgIpc) is 3.09. The second kappa shape index (κ2) is 7.41. The molecule has 2 heterocycles. The maximum atomic E-state index is 12.2. The molecule has 0 saturated heterocycles. The summed E-state index contributed by atoms with van der Waals surface area (Å²) >= 11 is 8.83. The smallest absolute Gasteiger partial charge is 0.257 e. The molecule has 0 saturated carbocycles. The summed E-state index contributed by atoms with van der Waals surface area (Å²) in [5, 5.41) is 13.1. The Balaban J connectivity index is 1.53. The van der Waals surface area contributed by atoms with Gasteiger partial charge in [0, 0.05) is 27.1 Å². The molecule has 26 heavy (non-hydrogen) atoms. The van der Waals surface area contributed by atoms with Crippen LogP contribution in [0.5, 0.6) is 0 Å². The Bertz CT molecular complexity index is 1080. The van der Waals surface area contributed by atoms with Crippen LogP contribution in [0.2, 0.25) is 5.02 Å². The predicted molar refractivity (Wildman–Crippen MR) is 105 cm³/mol. The normalized spacial score (nSPS) is 10.8. The zero-order chi connectivity index (χ0) is 17.9. The third-order valence-electron chi connectivity index (χ3n) is 3.52. The predicted octanol–water partition coefficient (Wildman–Crippen LogP) is 5.14. The highest BCUT2D eigenvalue weighted by atomic mass is 35.5. The number of aromatic nitrogens is 3. The van der Waals surface area contributed by atoms with E-state index in [-0.39, 0.29) is 5.91 Å². The quantitative estimate of drug-likeness (QED) is 0.482. The van der Waals surface area contributed by atoms with Crippen molar-refractivity contribution in [1.82, 2.24) is 15.2 Å². The van der Waals surface area contributed by atoms with Crippen LogP contribution >= 0.6 is 34.7 Å². The lowest BCUT2D eigenvalue weighted by Gasteiger charge is -2.03. The van der Waals surface area contributed by atoms with Gasteiger partial charge in [0.15, 0.2) is 4.34 Å². The molecule has 0 fully saturated rings. The number of anilines is 1. The molecule has 0 aliphatic heterocycles. The average molecular weight is 399 g/mol. The summed E-state index contributed by atoms with van der Waals surface area (Å²) in [7, 11) is 0. The van der Waals surface area contributed by atoms with E-state index in [2.05, 4.69) is 20.5 Å². The molecule has 0 aliphatic carbocycles. The molecule has 4 aromatic rings. The first-order valence-corrected chi connectivity index (χ1v) is 9.62. The summed E-state index contributed by atoms with van der Waals surface area (Å²) in [6, 6.07) is 16.5. The van der Waals surface area contributed by atoms with E-state index in [4.69, 9.17) is 11.6 Å². The Hall–Kier alpha value is -2.48. The van der Waals surface area contributed by atoms with Gasteiger partial charge in [-0.05, 0) is 30.3 Å². The fourth-order valence-electron chi connectivity index (χ4n) is 2.34. The summed E-state index contributed by atoms with van der Waals surface area (Å²) in [5.74, 6) is -0.206. The van der Waals surface area contributed by atoms with Crippen molar-refractivity contribution < 1.29 is 4.79 Å². The third-order valence-corrected chi connectivity index (χ3v) is 5.73. The number of carbonyl (C=O) groups excluding carboxylic acids is 1. The van der Waals surface area contributed by atoms with Crippen LogP contribution in [0, 0.1) is 0 Å². The van der Waals surface area contributed by atoms with E-state index in [1.54, 1.807) is 18.3 Å². The first-order chi connectivity index (χ1) is 12.7. The van der Waals surface area contributed by atoms with Gasteiger partial charge in [-0.2, -0.15) is 0 Å². The number of rotatable bonds is 4. The standard InChI is InChI=1S/C18H11ClN4OS2/c19-12-6-7-13-14(10-12)20-9-8-15(13)25-18-23-22-17(26-18)21-16(24)11-4-2-1-3-5-11/h1-10H,(H,21,22,24). The molecule has 0 unspecified atom stereocenters. The summed E-state index contributed by atoms with van der Waals surface area (Å²) in [6.07, 6.45) is 1.74. The molecule has 0 aliphatic rings. The molecule has 0 spiro atoms. The first kappa shape index (κ1) is 17.0. The van der Waals surface area contributed by atoms with Crippen LogP contribution in [-0.2, 0) is 0 Å². The van der Waals surface area contributed by atoms with Crippen LogP contribution in [0.3, 0.4) is 0 Å². The molecular formula is C18H11ClN4OS2. The molecule has 1 N–H and O–H groups in total. The minimum atomic E-state index is -0.206. The summed E-state index contributed by atoms with van der Waals surface area (Å²) in [5.41, 5.74) is 1.40. The zero-order valence-corrected chi connectivity index (χ0v) is 15.6. The van der Waals surface area contributed by atoms with Gasteiger partial charge >= 0.3 is 0 Å². The van der Waals surface area contributed by atoms with E-state index in [1.807, 2.05) is 42.5 Å². The maximum absolute atomic E-state index is 12.2. The number of hydrogen-bond donors (Lipinski definition) is 1. The topological polar surface area (TPSA) is 67.8 Å².